The van der Waals surface area contributed by atoms with Crippen LogP contribution in [0.25, 0.3) is 10.4 Å². The monoisotopic (exact) mass is 408 g/mol. The lowest BCUT2D eigenvalue weighted by atomic mass is 10.1. The highest BCUT2D eigenvalue weighted by atomic mass is 32.2. The zero-order valence-corrected chi connectivity index (χ0v) is 16.6. The molecule has 1 heterocycles. The molecule has 6 heteroatoms. The van der Waals surface area contributed by atoms with Crippen molar-refractivity contribution in [3.63, 3.8) is 0 Å². The number of thiophene rings is 1. The molecule has 27 heavy (non-hydrogen) atoms. The number of alkyl halides is 3. The fraction of sp³-hybridized carbons (Fsp3) is 0.238. The highest BCUT2D eigenvalue weighted by Crippen LogP contribution is 2.37. The van der Waals surface area contributed by atoms with Gasteiger partial charge in [-0.25, -0.2) is 0 Å². The summed E-state index contributed by atoms with van der Waals surface area (Å²) in [7, 11) is 0. The molecule has 0 saturated heterocycles. The summed E-state index contributed by atoms with van der Waals surface area (Å²) in [6.45, 7) is 3.95. The van der Waals surface area contributed by atoms with E-state index < -0.39 is 11.7 Å². The van der Waals surface area contributed by atoms with Crippen LogP contribution in [0.15, 0.2) is 53.4 Å². The fourth-order valence-corrected chi connectivity index (χ4v) is 5.10. The van der Waals surface area contributed by atoms with E-state index in [1.165, 1.54) is 22.6 Å². The number of aryl methyl sites for hydroxylation is 2. The maximum absolute atomic E-state index is 12.7. The molecular weight excluding hydrogens is 389 g/mol. The number of rotatable bonds is 5. The molecule has 0 amide bonds. The van der Waals surface area contributed by atoms with Gasteiger partial charge in [0, 0.05) is 20.4 Å². The van der Waals surface area contributed by atoms with Gasteiger partial charge in [-0.05, 0) is 66.4 Å². The second kappa shape index (κ2) is 7.98. The molecule has 0 aliphatic carbocycles. The van der Waals surface area contributed by atoms with Crippen LogP contribution in [0.3, 0.4) is 0 Å². The minimum atomic E-state index is -4.31. The fourth-order valence-electron chi connectivity index (χ4n) is 2.72. The average Bonchev–Trinajstić information content (AvgIpc) is 3.05. The normalized spacial score (nSPS) is 11.7. The third-order valence-corrected chi connectivity index (χ3v) is 6.74. The molecule has 0 fully saturated rings. The Morgan fingerprint density at radius 3 is 2.33 bits per heavy atom. The summed E-state index contributed by atoms with van der Waals surface area (Å²) in [5, 5.41) is 9.63. The number of hydrogen-bond donors (Lipinski definition) is 1. The van der Waals surface area contributed by atoms with Crippen molar-refractivity contribution < 1.29 is 18.3 Å². The third-order valence-electron chi connectivity index (χ3n) is 4.31. The molecule has 0 saturated carbocycles. The third kappa shape index (κ3) is 4.68. The molecule has 3 aromatic rings. The van der Waals surface area contributed by atoms with Crippen molar-refractivity contribution in [1.82, 2.24) is 0 Å². The van der Waals surface area contributed by atoms with Gasteiger partial charge in [0.1, 0.15) is 5.75 Å². The molecule has 0 aliphatic heterocycles. The highest BCUT2D eigenvalue weighted by Gasteiger charge is 2.30. The van der Waals surface area contributed by atoms with Gasteiger partial charge < -0.3 is 5.11 Å². The molecular formula is C21H19F3OS2. The molecule has 1 nitrogen and oxygen atoms in total. The molecule has 2 aromatic carbocycles. The first-order valence-electron chi connectivity index (χ1n) is 8.49. The van der Waals surface area contributed by atoms with E-state index in [9.17, 15) is 18.3 Å². The SMILES string of the molecule is CCc1cc(-c2ccc(C(F)(F)F)cc2)sc1CSc1ccc(O)c(C)c1. The molecule has 1 aromatic heterocycles. The molecule has 0 spiro atoms. The number of thioether (sulfide) groups is 1. The predicted molar refractivity (Wildman–Crippen MR) is 107 cm³/mol. The number of phenolic OH excluding ortho intramolecular Hbond substituents is 1. The molecule has 142 valence electrons. The Morgan fingerprint density at radius 1 is 1.04 bits per heavy atom. The number of aromatic hydroxyl groups is 1. The van der Waals surface area contributed by atoms with Crippen molar-refractivity contribution in [1.29, 1.82) is 0 Å². The van der Waals surface area contributed by atoms with E-state index in [1.807, 2.05) is 19.1 Å². The van der Waals surface area contributed by atoms with E-state index in [2.05, 4.69) is 13.0 Å². The first-order valence-corrected chi connectivity index (χ1v) is 10.3. The van der Waals surface area contributed by atoms with Gasteiger partial charge in [-0.2, -0.15) is 13.2 Å². The molecule has 0 radical (unpaired) electrons. The van der Waals surface area contributed by atoms with Crippen molar-refractivity contribution in [3.8, 4) is 16.2 Å². The Kier molecular flexibility index (Phi) is 5.86. The Hall–Kier alpha value is -1.92. The summed E-state index contributed by atoms with van der Waals surface area (Å²) < 4.78 is 38.2. The minimum absolute atomic E-state index is 0.286. The van der Waals surface area contributed by atoms with E-state index in [0.29, 0.717) is 0 Å². The summed E-state index contributed by atoms with van der Waals surface area (Å²) in [5.74, 6) is 1.08. The van der Waals surface area contributed by atoms with Gasteiger partial charge in [-0.15, -0.1) is 23.1 Å². The zero-order chi connectivity index (χ0) is 19.6. The summed E-state index contributed by atoms with van der Waals surface area (Å²) >= 11 is 3.32. The lowest BCUT2D eigenvalue weighted by Gasteiger charge is -2.06. The van der Waals surface area contributed by atoms with Crippen LogP contribution in [-0.2, 0) is 18.3 Å². The first-order chi connectivity index (χ1) is 12.8. The van der Waals surface area contributed by atoms with E-state index in [-0.39, 0.29) is 5.75 Å². The smallest absolute Gasteiger partial charge is 0.416 e. The number of phenols is 1. The Morgan fingerprint density at radius 2 is 1.74 bits per heavy atom. The number of hydrogen-bond acceptors (Lipinski definition) is 3. The van der Waals surface area contributed by atoms with Gasteiger partial charge in [0.25, 0.3) is 0 Å². The Bertz CT molecular complexity index is 928. The largest absolute Gasteiger partial charge is 0.508 e. The van der Waals surface area contributed by atoms with Crippen molar-refractivity contribution in [2.45, 2.75) is 37.1 Å². The van der Waals surface area contributed by atoms with Crippen molar-refractivity contribution in [2.24, 2.45) is 0 Å². The lowest BCUT2D eigenvalue weighted by Crippen LogP contribution is -2.03. The number of halogens is 3. The molecule has 0 unspecified atom stereocenters. The van der Waals surface area contributed by atoms with Crippen LogP contribution in [0.4, 0.5) is 13.2 Å². The molecule has 0 bridgehead atoms. The maximum Gasteiger partial charge on any atom is 0.416 e. The van der Waals surface area contributed by atoms with Crippen molar-refractivity contribution in [2.75, 3.05) is 0 Å². The minimum Gasteiger partial charge on any atom is -0.508 e. The van der Waals surface area contributed by atoms with Crippen LogP contribution in [0.2, 0.25) is 0 Å². The second-order valence-electron chi connectivity index (χ2n) is 6.22. The molecule has 3 rings (SSSR count). The molecule has 0 atom stereocenters. The van der Waals surface area contributed by atoms with Crippen molar-refractivity contribution in [3.05, 3.63) is 70.1 Å². The van der Waals surface area contributed by atoms with E-state index in [4.69, 9.17) is 0 Å². The predicted octanol–water partition coefficient (Wildman–Crippen LogP) is 7.30. The summed E-state index contributed by atoms with van der Waals surface area (Å²) in [5.41, 5.74) is 2.24. The summed E-state index contributed by atoms with van der Waals surface area (Å²) in [6.07, 6.45) is -3.44. The van der Waals surface area contributed by atoms with E-state index in [0.717, 1.165) is 45.2 Å². The van der Waals surface area contributed by atoms with Crippen molar-refractivity contribution >= 4 is 23.1 Å². The highest BCUT2D eigenvalue weighted by molar-refractivity contribution is 7.98. The lowest BCUT2D eigenvalue weighted by molar-refractivity contribution is -0.137. The Labute approximate surface area is 164 Å². The van der Waals surface area contributed by atoms with Gasteiger partial charge in [-0.3, -0.25) is 0 Å². The zero-order valence-electron chi connectivity index (χ0n) is 14.9. The van der Waals surface area contributed by atoms with Gasteiger partial charge in [0.2, 0.25) is 0 Å². The van der Waals surface area contributed by atoms with Gasteiger partial charge in [-0.1, -0.05) is 19.1 Å². The van der Waals surface area contributed by atoms with Gasteiger partial charge >= 0.3 is 6.18 Å². The van der Waals surface area contributed by atoms with Crippen LogP contribution in [0.1, 0.15) is 28.5 Å². The molecule has 1 N–H and O–H groups in total. The van der Waals surface area contributed by atoms with E-state index in [1.54, 1.807) is 29.2 Å². The summed E-state index contributed by atoms with van der Waals surface area (Å²) in [4.78, 5) is 3.29. The van der Waals surface area contributed by atoms with Crippen LogP contribution >= 0.6 is 23.1 Å². The Balaban J connectivity index is 1.79. The van der Waals surface area contributed by atoms with Gasteiger partial charge in [0.15, 0.2) is 0 Å². The standard InChI is InChI=1S/C21H19F3OS2/c1-3-14-11-19(15-4-6-16(7-5-15)21(22,23)24)27-20(14)12-26-17-8-9-18(25)13(2)10-17/h4-11,25H,3,12H2,1-2H3. The number of benzene rings is 2. The van der Waals surface area contributed by atoms with Crippen LogP contribution in [0.5, 0.6) is 5.75 Å². The average molecular weight is 409 g/mol. The van der Waals surface area contributed by atoms with Crippen LogP contribution in [0, 0.1) is 6.92 Å². The quantitative estimate of drug-likeness (QED) is 0.447. The molecule has 0 aliphatic rings. The van der Waals surface area contributed by atoms with E-state index >= 15 is 0 Å². The maximum atomic E-state index is 12.7. The van der Waals surface area contributed by atoms with Crippen LogP contribution in [-0.4, -0.2) is 5.11 Å². The summed E-state index contributed by atoms with van der Waals surface area (Å²) in [6, 6.07) is 13.0. The second-order valence-corrected chi connectivity index (χ2v) is 8.41. The van der Waals surface area contributed by atoms with Gasteiger partial charge in [0.05, 0.1) is 5.56 Å². The van der Waals surface area contributed by atoms with Crippen LogP contribution < -0.4 is 0 Å². The topological polar surface area (TPSA) is 20.2 Å². The first kappa shape index (κ1) is 19.8.